The van der Waals surface area contributed by atoms with Crippen LogP contribution in [0.1, 0.15) is 57.6 Å². The highest BCUT2D eigenvalue weighted by Crippen LogP contribution is 2.31. The zero-order valence-corrected chi connectivity index (χ0v) is 21.0. The molecule has 2 N–H and O–H groups in total. The molecule has 5 nitrogen and oxygen atoms in total. The van der Waals surface area contributed by atoms with Crippen LogP contribution in [-0.4, -0.2) is 49.0 Å². The van der Waals surface area contributed by atoms with Crippen LogP contribution in [0.25, 0.3) is 0 Å². The monoisotopic (exact) mass is 554 g/mol. The summed E-state index contributed by atoms with van der Waals surface area (Å²) in [4.78, 5) is 18.6. The second kappa shape index (κ2) is 12.5. The Morgan fingerprint density at radius 3 is 2.61 bits per heavy atom. The molecule has 31 heavy (non-hydrogen) atoms. The lowest BCUT2D eigenvalue weighted by Gasteiger charge is -2.20. The minimum absolute atomic E-state index is 0. The Morgan fingerprint density at radius 2 is 2.00 bits per heavy atom. The Bertz CT molecular complexity index is 740. The van der Waals surface area contributed by atoms with E-state index in [-0.39, 0.29) is 47.8 Å². The molecule has 0 bridgehead atoms. The molecule has 1 aliphatic rings. The number of rotatable bonds is 7. The number of alkyl halides is 3. The number of nitrogens with zero attached hydrogens (tertiary/aromatic N) is 2. The zero-order chi connectivity index (χ0) is 22.3. The first-order chi connectivity index (χ1) is 14.1. The van der Waals surface area contributed by atoms with Gasteiger partial charge in [0.2, 0.25) is 5.91 Å². The minimum Gasteiger partial charge on any atom is -0.357 e. The fraction of sp³-hybridized carbons (Fsp3) is 0.636. The lowest BCUT2D eigenvalue weighted by molar-refractivity contribution is -0.137. The maximum absolute atomic E-state index is 12.9. The van der Waals surface area contributed by atoms with Crippen molar-refractivity contribution in [1.82, 2.24) is 15.5 Å². The highest BCUT2D eigenvalue weighted by atomic mass is 127. The second-order valence-electron chi connectivity index (χ2n) is 8.14. The van der Waals surface area contributed by atoms with E-state index in [1.54, 1.807) is 6.07 Å². The van der Waals surface area contributed by atoms with Gasteiger partial charge in [-0.3, -0.25) is 9.79 Å². The largest absolute Gasteiger partial charge is 0.416 e. The van der Waals surface area contributed by atoms with Crippen LogP contribution in [0.5, 0.6) is 0 Å². The molecule has 2 unspecified atom stereocenters. The van der Waals surface area contributed by atoms with Gasteiger partial charge in [0.25, 0.3) is 0 Å². The Morgan fingerprint density at radius 1 is 1.29 bits per heavy atom. The maximum atomic E-state index is 12.9. The van der Waals surface area contributed by atoms with Crippen LogP contribution in [-0.2, 0) is 11.0 Å². The van der Waals surface area contributed by atoms with Gasteiger partial charge in [0.05, 0.1) is 5.56 Å². The average Bonchev–Trinajstić information content (AvgIpc) is 3.15. The fourth-order valence-corrected chi connectivity index (χ4v) is 3.51. The van der Waals surface area contributed by atoms with Crippen molar-refractivity contribution in [3.8, 4) is 0 Å². The first-order valence-corrected chi connectivity index (χ1v) is 10.6. The summed E-state index contributed by atoms with van der Waals surface area (Å²) < 4.78 is 38.8. The van der Waals surface area contributed by atoms with Crippen LogP contribution in [0.2, 0.25) is 0 Å². The predicted octanol–water partition coefficient (Wildman–Crippen LogP) is 4.63. The summed E-state index contributed by atoms with van der Waals surface area (Å²) in [6, 6.07) is 5.64. The number of likely N-dealkylation sites (tertiary alicyclic amines) is 1. The standard InChI is InChI=1S/C22H33F3N4O.HI/c1-5-26-21(28-19-10-12-29(14-19)20(30)15(2)3)27-11-9-16(4)17-7-6-8-18(13-17)22(23,24)25;/h6-8,13,15-16,19H,5,9-12,14H2,1-4H3,(H2,26,27,28);1H. The van der Waals surface area contributed by atoms with Crippen molar-refractivity contribution >= 4 is 35.8 Å². The molecule has 1 saturated heterocycles. The van der Waals surface area contributed by atoms with Crippen LogP contribution in [0, 0.1) is 5.92 Å². The number of amides is 1. The van der Waals surface area contributed by atoms with Crippen molar-refractivity contribution in [2.75, 3.05) is 26.2 Å². The number of carbonyl (C=O) groups excluding carboxylic acids is 1. The smallest absolute Gasteiger partial charge is 0.357 e. The molecule has 2 rings (SSSR count). The Balaban J connectivity index is 0.00000480. The van der Waals surface area contributed by atoms with E-state index in [1.165, 1.54) is 12.1 Å². The van der Waals surface area contributed by atoms with Crippen molar-refractivity contribution in [2.24, 2.45) is 10.9 Å². The van der Waals surface area contributed by atoms with Gasteiger partial charge in [-0.1, -0.05) is 39.0 Å². The van der Waals surface area contributed by atoms with Gasteiger partial charge in [-0.05, 0) is 37.3 Å². The Hall–Kier alpha value is -1.52. The first kappa shape index (κ1) is 27.5. The summed E-state index contributed by atoms with van der Waals surface area (Å²) in [6.45, 7) is 10.3. The summed E-state index contributed by atoms with van der Waals surface area (Å²) in [5, 5.41) is 6.58. The topological polar surface area (TPSA) is 56.7 Å². The lowest BCUT2D eigenvalue weighted by atomic mass is 9.96. The SMILES string of the molecule is CCNC(=NCCC(C)c1cccc(C(F)(F)F)c1)NC1CCN(C(=O)C(C)C)C1.I. The molecule has 0 saturated carbocycles. The van der Waals surface area contributed by atoms with Crippen LogP contribution in [0.15, 0.2) is 29.3 Å². The Kier molecular flexibility index (Phi) is 11.1. The highest BCUT2D eigenvalue weighted by Gasteiger charge is 2.31. The van der Waals surface area contributed by atoms with E-state index < -0.39 is 11.7 Å². The van der Waals surface area contributed by atoms with Gasteiger partial charge in [-0.2, -0.15) is 13.2 Å². The third kappa shape index (κ3) is 8.50. The molecule has 176 valence electrons. The van der Waals surface area contributed by atoms with E-state index in [9.17, 15) is 18.0 Å². The number of nitrogens with one attached hydrogen (secondary N) is 2. The molecule has 2 atom stereocenters. The normalized spacial score (nSPS) is 18.0. The van der Waals surface area contributed by atoms with E-state index in [0.717, 1.165) is 19.0 Å². The summed E-state index contributed by atoms with van der Waals surface area (Å²) in [5.74, 6) is 0.793. The molecule has 0 radical (unpaired) electrons. The van der Waals surface area contributed by atoms with Gasteiger partial charge >= 0.3 is 6.18 Å². The number of hydrogen-bond acceptors (Lipinski definition) is 2. The van der Waals surface area contributed by atoms with E-state index in [4.69, 9.17) is 0 Å². The molecule has 1 heterocycles. The molecule has 0 aliphatic carbocycles. The third-order valence-corrected chi connectivity index (χ3v) is 5.29. The number of aliphatic imine (C=N–C) groups is 1. The predicted molar refractivity (Wildman–Crippen MR) is 129 cm³/mol. The van der Waals surface area contributed by atoms with Crippen LogP contribution in [0.4, 0.5) is 13.2 Å². The number of guanidine groups is 1. The molecule has 1 aromatic rings. The average molecular weight is 554 g/mol. The molecule has 1 fully saturated rings. The highest BCUT2D eigenvalue weighted by molar-refractivity contribution is 14.0. The third-order valence-electron chi connectivity index (χ3n) is 5.29. The maximum Gasteiger partial charge on any atom is 0.416 e. The Labute approximate surface area is 200 Å². The first-order valence-electron chi connectivity index (χ1n) is 10.6. The molecule has 0 spiro atoms. The van der Waals surface area contributed by atoms with Crippen molar-refractivity contribution < 1.29 is 18.0 Å². The number of benzene rings is 1. The summed E-state index contributed by atoms with van der Waals surface area (Å²) >= 11 is 0. The van der Waals surface area contributed by atoms with E-state index in [2.05, 4.69) is 15.6 Å². The van der Waals surface area contributed by atoms with Gasteiger partial charge in [0.1, 0.15) is 0 Å². The van der Waals surface area contributed by atoms with Crippen LogP contribution >= 0.6 is 24.0 Å². The van der Waals surface area contributed by atoms with Crippen LogP contribution in [0.3, 0.4) is 0 Å². The lowest BCUT2D eigenvalue weighted by Crippen LogP contribution is -2.45. The van der Waals surface area contributed by atoms with E-state index in [1.807, 2.05) is 32.6 Å². The van der Waals surface area contributed by atoms with Crippen molar-refractivity contribution in [1.29, 1.82) is 0 Å². The fourth-order valence-electron chi connectivity index (χ4n) is 3.51. The van der Waals surface area contributed by atoms with Crippen molar-refractivity contribution in [2.45, 2.75) is 58.7 Å². The van der Waals surface area contributed by atoms with Crippen molar-refractivity contribution in [3.63, 3.8) is 0 Å². The molecule has 1 aromatic carbocycles. The number of halogens is 4. The van der Waals surface area contributed by atoms with Gasteiger partial charge in [0, 0.05) is 38.1 Å². The number of hydrogen-bond donors (Lipinski definition) is 2. The minimum atomic E-state index is -4.33. The zero-order valence-electron chi connectivity index (χ0n) is 18.6. The van der Waals surface area contributed by atoms with E-state index in [0.29, 0.717) is 37.6 Å². The molecule has 1 amide bonds. The van der Waals surface area contributed by atoms with E-state index >= 15 is 0 Å². The molecule has 9 heteroatoms. The molecular weight excluding hydrogens is 520 g/mol. The van der Waals surface area contributed by atoms with Crippen molar-refractivity contribution in [3.05, 3.63) is 35.4 Å². The summed E-state index contributed by atoms with van der Waals surface area (Å²) in [7, 11) is 0. The van der Waals surface area contributed by atoms with Gasteiger partial charge in [0.15, 0.2) is 5.96 Å². The van der Waals surface area contributed by atoms with Crippen LogP contribution < -0.4 is 10.6 Å². The molecule has 0 aromatic heterocycles. The second-order valence-corrected chi connectivity index (χ2v) is 8.14. The number of carbonyl (C=O) groups is 1. The summed E-state index contributed by atoms with van der Waals surface area (Å²) in [5.41, 5.74) is 0.0451. The molecular formula is C22H34F3IN4O. The molecule has 1 aliphatic heterocycles. The van der Waals surface area contributed by atoms with Gasteiger partial charge < -0.3 is 15.5 Å². The summed E-state index contributed by atoms with van der Waals surface area (Å²) in [6.07, 6.45) is -2.83. The van der Waals surface area contributed by atoms with Gasteiger partial charge in [-0.15, -0.1) is 24.0 Å². The van der Waals surface area contributed by atoms with Gasteiger partial charge in [-0.25, -0.2) is 0 Å². The quantitative estimate of drug-likeness (QED) is 0.294.